The van der Waals surface area contributed by atoms with E-state index in [0.717, 1.165) is 59.4 Å². The summed E-state index contributed by atoms with van der Waals surface area (Å²) in [4.78, 5) is 25.1. The van der Waals surface area contributed by atoms with E-state index < -0.39 is 0 Å². The fourth-order valence-electron chi connectivity index (χ4n) is 4.49. The Morgan fingerprint density at radius 1 is 1.06 bits per heavy atom. The Balaban J connectivity index is 1.35. The number of para-hydroxylation sites is 1. The van der Waals surface area contributed by atoms with Gasteiger partial charge in [-0.05, 0) is 68.0 Å². The molecule has 0 aliphatic heterocycles. The van der Waals surface area contributed by atoms with Crippen LogP contribution in [0.5, 0.6) is 0 Å². The second kappa shape index (κ2) is 8.86. The number of amides is 1. The van der Waals surface area contributed by atoms with Crippen molar-refractivity contribution < 1.29 is 4.79 Å². The van der Waals surface area contributed by atoms with Gasteiger partial charge in [0.2, 0.25) is 0 Å². The molecule has 0 unspecified atom stereocenters. The summed E-state index contributed by atoms with van der Waals surface area (Å²) in [5, 5.41) is 14.4. The van der Waals surface area contributed by atoms with Crippen LogP contribution in [-0.4, -0.2) is 25.9 Å². The first kappa shape index (κ1) is 20.9. The molecule has 5 rings (SSSR count). The Labute approximate surface area is 191 Å². The van der Waals surface area contributed by atoms with Gasteiger partial charge in [0, 0.05) is 17.7 Å². The molecule has 0 fully saturated rings. The van der Waals surface area contributed by atoms with Crippen LogP contribution in [0.1, 0.15) is 51.3 Å². The van der Waals surface area contributed by atoms with Crippen LogP contribution in [0, 0.1) is 6.92 Å². The van der Waals surface area contributed by atoms with Crippen LogP contribution in [0.15, 0.2) is 65.6 Å². The van der Waals surface area contributed by atoms with Gasteiger partial charge in [0.25, 0.3) is 11.5 Å². The van der Waals surface area contributed by atoms with Gasteiger partial charge in [-0.3, -0.25) is 9.59 Å². The van der Waals surface area contributed by atoms with E-state index in [-0.39, 0.29) is 11.5 Å². The van der Waals surface area contributed by atoms with E-state index in [9.17, 15) is 9.59 Å². The van der Waals surface area contributed by atoms with Gasteiger partial charge in [0.1, 0.15) is 0 Å². The van der Waals surface area contributed by atoms with Gasteiger partial charge in [-0.25, -0.2) is 9.78 Å². The summed E-state index contributed by atoms with van der Waals surface area (Å²) in [6.07, 6.45) is 6.03. The maximum absolute atomic E-state index is 13.0. The van der Waals surface area contributed by atoms with E-state index in [1.165, 1.54) is 0 Å². The number of hydrogen-bond donors (Lipinski definition) is 2. The number of anilines is 1. The lowest BCUT2D eigenvalue weighted by atomic mass is 9.90. The summed E-state index contributed by atoms with van der Waals surface area (Å²) in [6, 6.07) is 17.5. The molecule has 1 amide bonds. The van der Waals surface area contributed by atoms with Crippen LogP contribution in [0.2, 0.25) is 0 Å². The second-order valence-corrected chi connectivity index (χ2v) is 8.39. The first-order chi connectivity index (χ1) is 16.1. The lowest BCUT2D eigenvalue weighted by molar-refractivity contribution is 0.102. The minimum absolute atomic E-state index is 0.0686. The van der Waals surface area contributed by atoms with E-state index in [0.29, 0.717) is 17.7 Å². The van der Waals surface area contributed by atoms with E-state index in [4.69, 9.17) is 0 Å². The Bertz CT molecular complexity index is 1370. The molecule has 1 aliphatic carbocycles. The summed E-state index contributed by atoms with van der Waals surface area (Å²) in [7, 11) is 0. The molecule has 2 aromatic carbocycles. The van der Waals surface area contributed by atoms with E-state index >= 15 is 0 Å². The summed E-state index contributed by atoms with van der Waals surface area (Å²) in [5.41, 5.74) is 6.76. The van der Waals surface area contributed by atoms with Crippen molar-refractivity contribution in [1.82, 2.24) is 20.0 Å². The zero-order valence-corrected chi connectivity index (χ0v) is 18.5. The summed E-state index contributed by atoms with van der Waals surface area (Å²) in [6.45, 7) is 1.89. The predicted octanol–water partition coefficient (Wildman–Crippen LogP) is 3.99. The van der Waals surface area contributed by atoms with Crippen LogP contribution >= 0.6 is 0 Å². The van der Waals surface area contributed by atoms with Gasteiger partial charge in [-0.1, -0.05) is 30.3 Å². The molecule has 0 saturated heterocycles. The van der Waals surface area contributed by atoms with Crippen molar-refractivity contribution in [2.24, 2.45) is 0 Å². The lowest BCUT2D eigenvalue weighted by Gasteiger charge is -2.17. The first-order valence-corrected chi connectivity index (χ1v) is 11.2. The summed E-state index contributed by atoms with van der Waals surface area (Å²) in [5.74, 6) is -0.202. The Kier molecular flexibility index (Phi) is 5.60. The lowest BCUT2D eigenvalue weighted by Crippen LogP contribution is -2.23. The molecular formula is C26H25N5O2. The zero-order valence-electron chi connectivity index (χ0n) is 18.5. The maximum Gasteiger partial charge on any atom is 0.267 e. The Morgan fingerprint density at radius 2 is 1.85 bits per heavy atom. The van der Waals surface area contributed by atoms with Gasteiger partial charge in [0.15, 0.2) is 0 Å². The number of fused-ring (bicyclic) bond motifs is 1. The number of aromatic amines is 1. The smallest absolute Gasteiger partial charge is 0.267 e. The third kappa shape index (κ3) is 4.22. The molecule has 0 atom stereocenters. The Hall–Kier alpha value is -4.00. The number of benzene rings is 2. The molecule has 0 radical (unpaired) electrons. The number of carbonyl (C=O) groups excluding carboxylic acids is 1. The highest BCUT2D eigenvalue weighted by molar-refractivity contribution is 6.05. The third-order valence-corrected chi connectivity index (χ3v) is 6.19. The highest BCUT2D eigenvalue weighted by Crippen LogP contribution is 2.23. The van der Waals surface area contributed by atoms with Crippen molar-refractivity contribution in [2.45, 2.75) is 39.0 Å². The molecule has 2 N–H and O–H groups in total. The molecule has 1 aliphatic rings. The SMILES string of the molecule is Cc1c(C(=O)Nc2cccc(Cc3n[nH]c(=O)c4c3CCCC4)c2)cnn1-c1ccccc1. The number of nitrogens with one attached hydrogen (secondary N) is 2. The number of rotatable bonds is 5. The minimum Gasteiger partial charge on any atom is -0.322 e. The van der Waals surface area contributed by atoms with Crippen LogP contribution in [-0.2, 0) is 19.3 Å². The normalized spacial score (nSPS) is 12.9. The first-order valence-electron chi connectivity index (χ1n) is 11.2. The fraction of sp³-hybridized carbons (Fsp3) is 0.231. The van der Waals surface area contributed by atoms with E-state index in [1.54, 1.807) is 10.9 Å². The highest BCUT2D eigenvalue weighted by atomic mass is 16.1. The monoisotopic (exact) mass is 439 g/mol. The van der Waals surface area contributed by atoms with Crippen molar-refractivity contribution in [3.8, 4) is 5.69 Å². The molecule has 2 aromatic heterocycles. The third-order valence-electron chi connectivity index (χ3n) is 6.19. The van der Waals surface area contributed by atoms with Crippen molar-refractivity contribution in [3.05, 3.63) is 105 Å². The Morgan fingerprint density at radius 3 is 2.67 bits per heavy atom. The van der Waals surface area contributed by atoms with Gasteiger partial charge in [-0.15, -0.1) is 0 Å². The number of aromatic nitrogens is 4. The molecule has 2 heterocycles. The summed E-state index contributed by atoms with van der Waals surface area (Å²) < 4.78 is 1.76. The largest absolute Gasteiger partial charge is 0.322 e. The number of hydrogen-bond acceptors (Lipinski definition) is 4. The second-order valence-electron chi connectivity index (χ2n) is 8.39. The molecule has 0 bridgehead atoms. The van der Waals surface area contributed by atoms with Crippen molar-refractivity contribution >= 4 is 11.6 Å². The minimum atomic E-state index is -0.202. The van der Waals surface area contributed by atoms with Crippen molar-refractivity contribution in [2.75, 3.05) is 5.32 Å². The average Bonchev–Trinajstić information content (AvgIpc) is 3.23. The summed E-state index contributed by atoms with van der Waals surface area (Å²) >= 11 is 0. The molecule has 0 saturated carbocycles. The van der Waals surface area contributed by atoms with Crippen LogP contribution in [0.25, 0.3) is 5.69 Å². The van der Waals surface area contributed by atoms with Gasteiger partial charge < -0.3 is 5.32 Å². The molecular weight excluding hydrogens is 414 g/mol. The highest BCUT2D eigenvalue weighted by Gasteiger charge is 2.19. The van der Waals surface area contributed by atoms with Crippen molar-refractivity contribution in [1.29, 1.82) is 0 Å². The maximum atomic E-state index is 13.0. The number of H-pyrrole nitrogens is 1. The standard InChI is InChI=1S/C26H25N5O2/c1-17-23(16-27-31(17)20-10-3-2-4-11-20)25(32)28-19-9-7-8-18(14-19)15-24-21-12-5-6-13-22(21)26(33)30-29-24/h2-4,7-11,14,16H,5-6,12-13,15H2,1H3,(H,28,32)(H,30,33). The van der Waals surface area contributed by atoms with Crippen LogP contribution in [0.3, 0.4) is 0 Å². The fourth-order valence-corrected chi connectivity index (χ4v) is 4.49. The molecule has 7 heteroatoms. The average molecular weight is 440 g/mol. The molecule has 4 aromatic rings. The molecule has 7 nitrogen and oxygen atoms in total. The van der Waals surface area contributed by atoms with Gasteiger partial charge in [0.05, 0.1) is 28.8 Å². The molecule has 33 heavy (non-hydrogen) atoms. The molecule has 166 valence electrons. The van der Waals surface area contributed by atoms with Crippen LogP contribution in [0.4, 0.5) is 5.69 Å². The van der Waals surface area contributed by atoms with Crippen LogP contribution < -0.4 is 10.9 Å². The predicted molar refractivity (Wildman–Crippen MR) is 127 cm³/mol. The number of nitrogens with zero attached hydrogens (tertiary/aromatic N) is 3. The molecule has 0 spiro atoms. The topological polar surface area (TPSA) is 92.7 Å². The van der Waals surface area contributed by atoms with E-state index in [1.807, 2.05) is 61.5 Å². The van der Waals surface area contributed by atoms with Crippen molar-refractivity contribution in [3.63, 3.8) is 0 Å². The quantitative estimate of drug-likeness (QED) is 0.492. The van der Waals surface area contributed by atoms with E-state index in [2.05, 4.69) is 20.6 Å². The van der Waals surface area contributed by atoms with Gasteiger partial charge in [-0.2, -0.15) is 10.2 Å². The zero-order chi connectivity index (χ0) is 22.8. The van der Waals surface area contributed by atoms with Gasteiger partial charge >= 0.3 is 0 Å². The number of carbonyl (C=O) groups is 1.